The van der Waals surface area contributed by atoms with E-state index in [2.05, 4.69) is 46.6 Å². The standard InChI is InChI=1S/C22H24N4O/c1-15-9-11-16(12-10-15)20(17-6-5-13-23-14-17)24-22(27)21-18-7-3-4-8-19(18)25-26(21)2/h5-6,9-14,20H,3-4,7-8H2,1-2H3,(H,24,27)/t20-/m1/s1. The van der Waals surface area contributed by atoms with Crippen LogP contribution in [0.25, 0.3) is 0 Å². The molecule has 0 saturated carbocycles. The van der Waals surface area contributed by atoms with Crippen molar-refractivity contribution in [1.82, 2.24) is 20.1 Å². The molecule has 0 saturated heterocycles. The van der Waals surface area contributed by atoms with Crippen LogP contribution in [0.15, 0.2) is 48.8 Å². The summed E-state index contributed by atoms with van der Waals surface area (Å²) in [5.74, 6) is -0.0809. The van der Waals surface area contributed by atoms with E-state index in [1.165, 1.54) is 5.56 Å². The number of hydrogen-bond donors (Lipinski definition) is 1. The maximum Gasteiger partial charge on any atom is 0.270 e. The third-order valence-electron chi connectivity index (χ3n) is 5.24. The van der Waals surface area contributed by atoms with Crippen LogP contribution in [0.2, 0.25) is 0 Å². The Balaban J connectivity index is 1.69. The van der Waals surface area contributed by atoms with Gasteiger partial charge in [0.05, 0.1) is 11.7 Å². The second kappa shape index (κ2) is 7.35. The molecule has 3 aromatic rings. The van der Waals surface area contributed by atoms with Gasteiger partial charge in [-0.15, -0.1) is 0 Å². The Morgan fingerprint density at radius 2 is 1.89 bits per heavy atom. The van der Waals surface area contributed by atoms with Crippen molar-refractivity contribution in [1.29, 1.82) is 0 Å². The van der Waals surface area contributed by atoms with Gasteiger partial charge in [-0.2, -0.15) is 5.10 Å². The summed E-state index contributed by atoms with van der Waals surface area (Å²) in [6, 6.07) is 11.9. The molecule has 4 rings (SSSR count). The molecule has 0 unspecified atom stereocenters. The van der Waals surface area contributed by atoms with Gasteiger partial charge in [-0.25, -0.2) is 0 Å². The molecule has 2 aromatic heterocycles. The van der Waals surface area contributed by atoms with Crippen molar-refractivity contribution in [2.75, 3.05) is 0 Å². The summed E-state index contributed by atoms with van der Waals surface area (Å²) in [7, 11) is 1.86. The van der Waals surface area contributed by atoms with Gasteiger partial charge in [-0.3, -0.25) is 14.5 Å². The van der Waals surface area contributed by atoms with Crippen LogP contribution in [-0.4, -0.2) is 20.7 Å². The van der Waals surface area contributed by atoms with Crippen molar-refractivity contribution in [3.63, 3.8) is 0 Å². The molecule has 1 atom stereocenters. The fourth-order valence-corrected chi connectivity index (χ4v) is 3.83. The van der Waals surface area contributed by atoms with Gasteiger partial charge < -0.3 is 5.32 Å². The first-order valence-electron chi connectivity index (χ1n) is 9.45. The van der Waals surface area contributed by atoms with Crippen molar-refractivity contribution in [2.24, 2.45) is 7.05 Å². The monoisotopic (exact) mass is 360 g/mol. The number of amides is 1. The molecule has 0 radical (unpaired) electrons. The van der Waals surface area contributed by atoms with Gasteiger partial charge in [0.2, 0.25) is 0 Å². The number of aromatic nitrogens is 3. The number of nitrogens with zero attached hydrogens (tertiary/aromatic N) is 3. The Kier molecular flexibility index (Phi) is 4.75. The maximum absolute atomic E-state index is 13.2. The van der Waals surface area contributed by atoms with Gasteiger partial charge in [0, 0.05) is 25.0 Å². The number of hydrogen-bond acceptors (Lipinski definition) is 3. The largest absolute Gasteiger partial charge is 0.340 e. The van der Waals surface area contributed by atoms with Gasteiger partial charge in [0.15, 0.2) is 0 Å². The highest BCUT2D eigenvalue weighted by atomic mass is 16.2. The van der Waals surface area contributed by atoms with Crippen LogP contribution in [0.3, 0.4) is 0 Å². The quantitative estimate of drug-likeness (QED) is 0.774. The SMILES string of the molecule is Cc1ccc([C@@H](NC(=O)c2c3c(nn2C)CCCC3)c2cccnc2)cc1. The Labute approximate surface area is 159 Å². The Bertz CT molecular complexity index is 944. The smallest absolute Gasteiger partial charge is 0.270 e. The first kappa shape index (κ1) is 17.5. The molecule has 0 spiro atoms. The number of rotatable bonds is 4. The Morgan fingerprint density at radius 3 is 2.63 bits per heavy atom. The summed E-state index contributed by atoms with van der Waals surface area (Å²) in [6.45, 7) is 2.06. The Morgan fingerprint density at radius 1 is 1.11 bits per heavy atom. The van der Waals surface area contributed by atoms with E-state index in [4.69, 9.17) is 0 Å². The molecule has 1 aromatic carbocycles. The van der Waals surface area contributed by atoms with Gasteiger partial charge in [-0.1, -0.05) is 35.9 Å². The average molecular weight is 360 g/mol. The maximum atomic E-state index is 13.2. The minimum Gasteiger partial charge on any atom is -0.340 e. The van der Waals surface area contributed by atoms with E-state index in [0.29, 0.717) is 5.69 Å². The second-order valence-electron chi connectivity index (χ2n) is 7.21. The molecule has 1 N–H and O–H groups in total. The summed E-state index contributed by atoms with van der Waals surface area (Å²) < 4.78 is 1.74. The number of pyridine rings is 1. The molecular weight excluding hydrogens is 336 g/mol. The van der Waals surface area contributed by atoms with E-state index in [1.54, 1.807) is 10.9 Å². The van der Waals surface area contributed by atoms with Crippen molar-refractivity contribution >= 4 is 5.91 Å². The van der Waals surface area contributed by atoms with Gasteiger partial charge in [-0.05, 0) is 49.8 Å². The first-order chi connectivity index (χ1) is 13.1. The number of fused-ring (bicyclic) bond motifs is 1. The van der Waals surface area contributed by atoms with Crippen molar-refractivity contribution in [3.05, 3.63) is 82.4 Å². The predicted molar refractivity (Wildman–Crippen MR) is 105 cm³/mol. The summed E-state index contributed by atoms with van der Waals surface area (Å²) in [5, 5.41) is 7.80. The summed E-state index contributed by atoms with van der Waals surface area (Å²) in [5.41, 5.74) is 6.06. The zero-order valence-corrected chi connectivity index (χ0v) is 15.8. The van der Waals surface area contributed by atoms with Crippen LogP contribution >= 0.6 is 0 Å². The molecule has 5 heteroatoms. The highest BCUT2D eigenvalue weighted by Gasteiger charge is 2.26. The van der Waals surface area contributed by atoms with Gasteiger partial charge in [0.25, 0.3) is 5.91 Å². The molecule has 2 heterocycles. The first-order valence-corrected chi connectivity index (χ1v) is 9.45. The summed E-state index contributed by atoms with van der Waals surface area (Å²) >= 11 is 0. The highest BCUT2D eigenvalue weighted by molar-refractivity contribution is 5.95. The van der Waals surface area contributed by atoms with Crippen LogP contribution in [-0.2, 0) is 19.9 Å². The van der Waals surface area contributed by atoms with Crippen LogP contribution in [0.1, 0.15) is 57.3 Å². The molecule has 1 amide bonds. The molecule has 0 aliphatic heterocycles. The van der Waals surface area contributed by atoms with E-state index in [1.807, 2.05) is 25.4 Å². The third kappa shape index (κ3) is 3.50. The van der Waals surface area contributed by atoms with Crippen molar-refractivity contribution in [2.45, 2.75) is 38.6 Å². The topological polar surface area (TPSA) is 59.8 Å². The van der Waals surface area contributed by atoms with Crippen molar-refractivity contribution < 1.29 is 4.79 Å². The second-order valence-corrected chi connectivity index (χ2v) is 7.21. The van der Waals surface area contributed by atoms with Crippen LogP contribution in [0.4, 0.5) is 0 Å². The van der Waals surface area contributed by atoms with E-state index >= 15 is 0 Å². The minimum atomic E-state index is -0.249. The van der Waals surface area contributed by atoms with Gasteiger partial charge >= 0.3 is 0 Å². The lowest BCUT2D eigenvalue weighted by atomic mass is 9.95. The molecule has 138 valence electrons. The lowest BCUT2D eigenvalue weighted by Crippen LogP contribution is -2.31. The molecule has 0 fully saturated rings. The molecule has 1 aliphatic rings. The lowest BCUT2D eigenvalue weighted by Gasteiger charge is -2.20. The number of carbonyl (C=O) groups is 1. The fourth-order valence-electron chi connectivity index (χ4n) is 3.83. The zero-order valence-electron chi connectivity index (χ0n) is 15.8. The number of nitrogens with one attached hydrogen (secondary N) is 1. The van der Waals surface area contributed by atoms with E-state index in [0.717, 1.165) is 48.1 Å². The van der Waals surface area contributed by atoms with E-state index in [-0.39, 0.29) is 11.9 Å². The van der Waals surface area contributed by atoms with E-state index in [9.17, 15) is 4.79 Å². The van der Waals surface area contributed by atoms with Crippen molar-refractivity contribution in [3.8, 4) is 0 Å². The number of carbonyl (C=O) groups excluding carboxylic acids is 1. The van der Waals surface area contributed by atoms with E-state index < -0.39 is 0 Å². The van der Waals surface area contributed by atoms with Crippen LogP contribution in [0, 0.1) is 6.92 Å². The third-order valence-corrected chi connectivity index (χ3v) is 5.24. The van der Waals surface area contributed by atoms with Crippen LogP contribution in [0.5, 0.6) is 0 Å². The molecular formula is C22H24N4O. The summed E-state index contributed by atoms with van der Waals surface area (Å²) in [6.07, 6.45) is 7.70. The molecule has 1 aliphatic carbocycles. The average Bonchev–Trinajstić information content (AvgIpc) is 3.03. The lowest BCUT2D eigenvalue weighted by molar-refractivity contribution is 0.0932. The Hall–Kier alpha value is -2.95. The zero-order chi connectivity index (χ0) is 18.8. The predicted octanol–water partition coefficient (Wildman–Crippen LogP) is 3.52. The molecule has 27 heavy (non-hydrogen) atoms. The molecule has 5 nitrogen and oxygen atoms in total. The normalized spacial score (nSPS) is 14.4. The minimum absolute atomic E-state index is 0.0809. The molecule has 0 bridgehead atoms. The fraction of sp³-hybridized carbons (Fsp3) is 0.318. The van der Waals surface area contributed by atoms with Crippen LogP contribution < -0.4 is 5.32 Å². The highest BCUT2D eigenvalue weighted by Crippen LogP contribution is 2.26. The summed E-state index contributed by atoms with van der Waals surface area (Å²) in [4.78, 5) is 17.5. The number of aryl methyl sites for hydroxylation is 3. The van der Waals surface area contributed by atoms with Gasteiger partial charge in [0.1, 0.15) is 5.69 Å². The number of benzene rings is 1.